The van der Waals surface area contributed by atoms with Gasteiger partial charge >= 0.3 is 12.1 Å². The van der Waals surface area contributed by atoms with Gasteiger partial charge in [0.25, 0.3) is 0 Å². The largest absolute Gasteiger partial charge is 0.467 e. The van der Waals surface area contributed by atoms with Gasteiger partial charge in [-0.15, -0.1) is 0 Å². The molecule has 2 atom stereocenters. The maximum absolute atomic E-state index is 13.5. The maximum Gasteiger partial charge on any atom is 0.411 e. The zero-order valence-corrected chi connectivity index (χ0v) is 20.7. The van der Waals surface area contributed by atoms with Crippen LogP contribution < -0.4 is 5.32 Å². The molecule has 1 N–H and O–H groups in total. The number of rotatable bonds is 8. The summed E-state index contributed by atoms with van der Waals surface area (Å²) in [5.41, 5.74) is 3.77. The predicted molar refractivity (Wildman–Crippen MR) is 140 cm³/mol. The second-order valence-corrected chi connectivity index (χ2v) is 8.79. The van der Waals surface area contributed by atoms with E-state index in [1.54, 1.807) is 0 Å². The molecule has 1 aliphatic rings. The molecule has 190 valence electrons. The second-order valence-electron chi connectivity index (χ2n) is 8.79. The first kappa shape index (κ1) is 25.7. The van der Waals surface area contributed by atoms with Crippen LogP contribution in [-0.2, 0) is 38.6 Å². The zero-order chi connectivity index (χ0) is 26.0. The molecule has 37 heavy (non-hydrogen) atoms. The van der Waals surface area contributed by atoms with E-state index >= 15 is 0 Å². The number of nitrogens with one attached hydrogen (secondary N) is 1. The fraction of sp³-hybridized carbons (Fsp3) is 0.233. The van der Waals surface area contributed by atoms with Gasteiger partial charge in [0.05, 0.1) is 13.7 Å². The van der Waals surface area contributed by atoms with Crippen molar-refractivity contribution in [2.24, 2.45) is 0 Å². The number of nitrogens with zero attached hydrogens (tertiary/aromatic N) is 1. The molecule has 3 aromatic carbocycles. The molecule has 0 spiro atoms. The molecule has 0 aromatic heterocycles. The van der Waals surface area contributed by atoms with Crippen LogP contribution in [0.4, 0.5) is 4.79 Å². The Morgan fingerprint density at radius 3 is 2.30 bits per heavy atom. The number of amides is 2. The summed E-state index contributed by atoms with van der Waals surface area (Å²) in [5.74, 6) is -0.991. The molecule has 3 aromatic rings. The van der Waals surface area contributed by atoms with Crippen LogP contribution in [0.25, 0.3) is 6.08 Å². The van der Waals surface area contributed by atoms with Crippen molar-refractivity contribution in [3.8, 4) is 0 Å². The summed E-state index contributed by atoms with van der Waals surface area (Å²) in [6.45, 7) is 0.333. The van der Waals surface area contributed by atoms with E-state index in [-0.39, 0.29) is 19.6 Å². The van der Waals surface area contributed by atoms with Crippen LogP contribution in [-0.4, -0.2) is 42.1 Å². The van der Waals surface area contributed by atoms with Gasteiger partial charge in [0.1, 0.15) is 18.7 Å². The van der Waals surface area contributed by atoms with Crippen LogP contribution in [0.5, 0.6) is 0 Å². The molecule has 4 rings (SSSR count). The van der Waals surface area contributed by atoms with Crippen molar-refractivity contribution in [3.63, 3.8) is 0 Å². The van der Waals surface area contributed by atoms with Gasteiger partial charge in [0, 0.05) is 6.42 Å². The summed E-state index contributed by atoms with van der Waals surface area (Å²) in [4.78, 5) is 40.5. The third-order valence-electron chi connectivity index (χ3n) is 6.27. The Hall–Kier alpha value is -4.39. The van der Waals surface area contributed by atoms with E-state index in [2.05, 4.69) is 5.32 Å². The SMILES string of the molecule is COC(=O)[C@H](C/C=C/c1ccccc1)NC(=O)[C@@H]1Cc2ccccc2CN1C(=O)OCc1ccccc1. The highest BCUT2D eigenvalue weighted by molar-refractivity contribution is 5.90. The van der Waals surface area contributed by atoms with Crippen LogP contribution in [0, 0.1) is 0 Å². The average molecular weight is 499 g/mol. The van der Waals surface area contributed by atoms with Crippen molar-refractivity contribution in [2.75, 3.05) is 7.11 Å². The minimum atomic E-state index is -0.892. The first-order valence-electron chi connectivity index (χ1n) is 12.2. The first-order chi connectivity index (χ1) is 18.0. The van der Waals surface area contributed by atoms with Crippen molar-refractivity contribution in [2.45, 2.75) is 38.1 Å². The molecule has 2 amide bonds. The summed E-state index contributed by atoms with van der Waals surface area (Å²) in [7, 11) is 1.28. The van der Waals surface area contributed by atoms with Gasteiger partial charge in [0.15, 0.2) is 0 Å². The molecule has 0 fully saturated rings. The predicted octanol–water partition coefficient (Wildman–Crippen LogP) is 4.51. The van der Waals surface area contributed by atoms with Crippen molar-refractivity contribution in [1.29, 1.82) is 0 Å². The highest BCUT2D eigenvalue weighted by Crippen LogP contribution is 2.25. The topological polar surface area (TPSA) is 84.9 Å². The Morgan fingerprint density at radius 1 is 0.946 bits per heavy atom. The minimum absolute atomic E-state index is 0.0984. The van der Waals surface area contributed by atoms with Crippen LogP contribution in [0.1, 0.15) is 28.7 Å². The lowest BCUT2D eigenvalue weighted by Crippen LogP contribution is -2.55. The summed E-state index contributed by atoms with van der Waals surface area (Å²) >= 11 is 0. The Kier molecular flexibility index (Phi) is 8.70. The Bertz CT molecular complexity index is 1240. The van der Waals surface area contributed by atoms with E-state index in [0.717, 1.165) is 22.3 Å². The van der Waals surface area contributed by atoms with Gasteiger partial charge in [-0.05, 0) is 28.7 Å². The molecular formula is C30H30N2O5. The maximum atomic E-state index is 13.5. The highest BCUT2D eigenvalue weighted by atomic mass is 16.6. The van der Waals surface area contributed by atoms with Gasteiger partial charge < -0.3 is 14.8 Å². The van der Waals surface area contributed by atoms with Gasteiger partial charge in [-0.1, -0.05) is 97.1 Å². The summed E-state index contributed by atoms with van der Waals surface area (Å²) in [6.07, 6.45) is 3.67. The fourth-order valence-electron chi connectivity index (χ4n) is 4.28. The van der Waals surface area contributed by atoms with Crippen molar-refractivity contribution in [3.05, 3.63) is 113 Å². The number of benzene rings is 3. The molecule has 7 heteroatoms. The Labute approximate surface area is 216 Å². The Balaban J connectivity index is 1.49. The van der Waals surface area contributed by atoms with E-state index in [4.69, 9.17) is 9.47 Å². The number of carbonyl (C=O) groups is 3. The molecule has 0 radical (unpaired) electrons. The molecule has 0 bridgehead atoms. The molecule has 0 saturated carbocycles. The molecular weight excluding hydrogens is 468 g/mol. The van der Waals surface area contributed by atoms with Crippen LogP contribution in [0.15, 0.2) is 91.0 Å². The third kappa shape index (κ3) is 6.85. The molecule has 0 unspecified atom stereocenters. The molecule has 1 heterocycles. The number of carbonyl (C=O) groups excluding carboxylic acids is 3. The number of hydrogen-bond donors (Lipinski definition) is 1. The standard InChI is InChI=1S/C30H30N2O5/c1-36-29(34)26(18-10-15-22-11-4-2-5-12-22)31-28(33)27-19-24-16-8-9-17-25(24)20-32(27)30(35)37-21-23-13-6-3-7-14-23/h2-17,26-27H,18-21H2,1H3,(H,31,33)/b15-10+/t26-,27-/m0/s1. The lowest BCUT2D eigenvalue weighted by atomic mass is 9.93. The Morgan fingerprint density at radius 2 is 1.59 bits per heavy atom. The van der Waals surface area contributed by atoms with E-state index in [1.807, 2.05) is 97.1 Å². The normalized spacial score (nSPS) is 15.5. The number of ether oxygens (including phenoxy) is 2. The highest BCUT2D eigenvalue weighted by Gasteiger charge is 2.37. The second kappa shape index (κ2) is 12.5. The average Bonchev–Trinajstić information content (AvgIpc) is 2.95. The number of esters is 1. The number of methoxy groups -OCH3 is 1. The van der Waals surface area contributed by atoms with E-state index in [1.165, 1.54) is 12.0 Å². The minimum Gasteiger partial charge on any atom is -0.467 e. The molecule has 0 saturated heterocycles. The summed E-state index contributed by atoms with van der Waals surface area (Å²) < 4.78 is 10.5. The number of fused-ring (bicyclic) bond motifs is 1. The van der Waals surface area contributed by atoms with Crippen molar-refractivity contribution >= 4 is 24.0 Å². The first-order valence-corrected chi connectivity index (χ1v) is 12.2. The lowest BCUT2D eigenvalue weighted by molar-refractivity contribution is -0.145. The van der Waals surface area contributed by atoms with Crippen LogP contribution in [0.3, 0.4) is 0 Å². The van der Waals surface area contributed by atoms with Gasteiger partial charge in [-0.3, -0.25) is 9.69 Å². The summed E-state index contributed by atoms with van der Waals surface area (Å²) in [6, 6.07) is 25.0. The molecule has 1 aliphatic heterocycles. The van der Waals surface area contributed by atoms with Crippen LogP contribution in [0.2, 0.25) is 0 Å². The zero-order valence-electron chi connectivity index (χ0n) is 20.7. The quantitative estimate of drug-likeness (QED) is 0.462. The lowest BCUT2D eigenvalue weighted by Gasteiger charge is -2.35. The van der Waals surface area contributed by atoms with Gasteiger partial charge in [-0.2, -0.15) is 0 Å². The third-order valence-corrected chi connectivity index (χ3v) is 6.27. The number of hydrogen-bond acceptors (Lipinski definition) is 5. The monoisotopic (exact) mass is 498 g/mol. The van der Waals surface area contributed by atoms with Crippen molar-refractivity contribution < 1.29 is 23.9 Å². The fourth-order valence-corrected chi connectivity index (χ4v) is 4.28. The van der Waals surface area contributed by atoms with Gasteiger partial charge in [0.2, 0.25) is 5.91 Å². The van der Waals surface area contributed by atoms with E-state index in [9.17, 15) is 14.4 Å². The smallest absolute Gasteiger partial charge is 0.411 e. The van der Waals surface area contributed by atoms with E-state index < -0.39 is 30.1 Å². The van der Waals surface area contributed by atoms with E-state index in [0.29, 0.717) is 6.42 Å². The molecule has 0 aliphatic carbocycles. The van der Waals surface area contributed by atoms with Crippen LogP contribution >= 0.6 is 0 Å². The summed E-state index contributed by atoms with van der Waals surface area (Å²) in [5, 5.41) is 2.80. The van der Waals surface area contributed by atoms with Crippen molar-refractivity contribution in [1.82, 2.24) is 10.2 Å². The molecule has 7 nitrogen and oxygen atoms in total. The van der Waals surface area contributed by atoms with Gasteiger partial charge in [-0.25, -0.2) is 9.59 Å².